The Hall–Kier alpha value is -3.65. The maximum atomic E-state index is 13.4. The van der Waals surface area contributed by atoms with Gasteiger partial charge in [0, 0.05) is 23.1 Å². The van der Waals surface area contributed by atoms with E-state index in [1.807, 2.05) is 49.4 Å². The number of carbonyl (C=O) groups excluding carboxylic acids is 1. The number of fused-ring (bicyclic) bond motifs is 2. The molecule has 0 unspecified atom stereocenters. The van der Waals surface area contributed by atoms with Gasteiger partial charge in [0.15, 0.2) is 0 Å². The Labute approximate surface area is 196 Å². The normalized spacial score (nSPS) is 12.0. The van der Waals surface area contributed by atoms with Crippen molar-refractivity contribution in [2.75, 3.05) is 0 Å². The van der Waals surface area contributed by atoms with Gasteiger partial charge in [-0.25, -0.2) is 0 Å². The standard InChI is InChI=1S/C26H19F3N2O2S/c1-15-24(17-5-3-2-4-6-17)19-13-20-22(34-25(33)30-20)14-21(19)31(15)23(32)12-9-16-7-10-18(11-8-16)26(27,28)29/h2-8,10-11,13-14H,9,12H2,1H3,(H,30,33). The molecule has 0 radical (unpaired) electrons. The SMILES string of the molecule is Cc1c(-c2ccccc2)c2cc3[nH]c(=O)sc3cc2n1C(=O)CCc1ccc(C(F)(F)F)cc1. The molecular formula is C26H19F3N2O2S. The molecular weight excluding hydrogens is 461 g/mol. The summed E-state index contributed by atoms with van der Waals surface area (Å²) in [5.41, 5.74) is 4.01. The summed E-state index contributed by atoms with van der Waals surface area (Å²) >= 11 is 1.08. The van der Waals surface area contributed by atoms with Crippen LogP contribution in [0.4, 0.5) is 13.2 Å². The van der Waals surface area contributed by atoms with Crippen molar-refractivity contribution in [2.24, 2.45) is 0 Å². The number of aromatic nitrogens is 2. The number of aromatic amines is 1. The number of hydrogen-bond donors (Lipinski definition) is 1. The van der Waals surface area contributed by atoms with Crippen LogP contribution in [-0.2, 0) is 12.6 Å². The van der Waals surface area contributed by atoms with E-state index in [1.54, 1.807) is 4.57 Å². The fraction of sp³-hybridized carbons (Fsp3) is 0.154. The highest BCUT2D eigenvalue weighted by molar-refractivity contribution is 7.16. The van der Waals surface area contributed by atoms with Crippen molar-refractivity contribution >= 4 is 38.4 Å². The lowest BCUT2D eigenvalue weighted by atomic mass is 10.0. The van der Waals surface area contributed by atoms with Crippen molar-refractivity contribution in [1.82, 2.24) is 9.55 Å². The van der Waals surface area contributed by atoms with Crippen LogP contribution in [0.2, 0.25) is 0 Å². The van der Waals surface area contributed by atoms with E-state index in [0.29, 0.717) is 23.0 Å². The monoisotopic (exact) mass is 480 g/mol. The Kier molecular flexibility index (Phi) is 5.40. The largest absolute Gasteiger partial charge is 0.416 e. The van der Waals surface area contributed by atoms with Crippen LogP contribution in [0.25, 0.3) is 32.2 Å². The lowest BCUT2D eigenvalue weighted by Gasteiger charge is -2.09. The van der Waals surface area contributed by atoms with E-state index in [0.717, 1.165) is 50.4 Å². The fourth-order valence-electron chi connectivity index (χ4n) is 4.37. The first-order valence-corrected chi connectivity index (χ1v) is 11.5. The van der Waals surface area contributed by atoms with Crippen molar-refractivity contribution in [3.63, 3.8) is 0 Å². The van der Waals surface area contributed by atoms with Gasteiger partial charge in [-0.2, -0.15) is 13.2 Å². The lowest BCUT2D eigenvalue weighted by Crippen LogP contribution is -2.13. The minimum absolute atomic E-state index is 0.131. The van der Waals surface area contributed by atoms with E-state index in [2.05, 4.69) is 4.98 Å². The van der Waals surface area contributed by atoms with Crippen molar-refractivity contribution in [1.29, 1.82) is 0 Å². The van der Waals surface area contributed by atoms with Crippen molar-refractivity contribution in [2.45, 2.75) is 25.9 Å². The zero-order valence-electron chi connectivity index (χ0n) is 18.1. The van der Waals surface area contributed by atoms with Crippen molar-refractivity contribution in [3.05, 3.63) is 93.2 Å². The molecule has 0 bridgehead atoms. The summed E-state index contributed by atoms with van der Waals surface area (Å²) in [6, 6.07) is 18.4. The Morgan fingerprint density at radius 2 is 1.74 bits per heavy atom. The van der Waals surface area contributed by atoms with Gasteiger partial charge in [0.2, 0.25) is 5.91 Å². The number of rotatable bonds is 4. The third-order valence-electron chi connectivity index (χ3n) is 5.97. The van der Waals surface area contributed by atoms with Crippen LogP contribution >= 0.6 is 11.3 Å². The molecule has 5 aromatic rings. The average molecular weight is 481 g/mol. The number of H-pyrrole nitrogens is 1. The van der Waals surface area contributed by atoms with E-state index in [-0.39, 0.29) is 17.2 Å². The third kappa shape index (κ3) is 3.94. The molecule has 4 nitrogen and oxygen atoms in total. The second-order valence-electron chi connectivity index (χ2n) is 8.13. The van der Waals surface area contributed by atoms with Crippen LogP contribution in [0.1, 0.15) is 28.0 Å². The number of halogens is 3. The van der Waals surface area contributed by atoms with Crippen LogP contribution in [-0.4, -0.2) is 15.5 Å². The van der Waals surface area contributed by atoms with Gasteiger partial charge in [0.05, 0.1) is 21.3 Å². The summed E-state index contributed by atoms with van der Waals surface area (Å²) in [5.74, 6) is -0.160. The van der Waals surface area contributed by atoms with Crippen LogP contribution in [0, 0.1) is 6.92 Å². The van der Waals surface area contributed by atoms with Gasteiger partial charge in [-0.3, -0.25) is 14.2 Å². The number of nitrogens with one attached hydrogen (secondary N) is 1. The predicted molar refractivity (Wildman–Crippen MR) is 129 cm³/mol. The summed E-state index contributed by atoms with van der Waals surface area (Å²) in [6.45, 7) is 1.88. The second kappa shape index (κ2) is 8.29. The number of benzene rings is 3. The highest BCUT2D eigenvalue weighted by Gasteiger charge is 2.30. The maximum Gasteiger partial charge on any atom is 0.416 e. The lowest BCUT2D eigenvalue weighted by molar-refractivity contribution is -0.137. The molecule has 1 N–H and O–H groups in total. The molecule has 0 atom stereocenters. The topological polar surface area (TPSA) is 54.9 Å². The van der Waals surface area contributed by atoms with E-state index < -0.39 is 11.7 Å². The van der Waals surface area contributed by atoms with Gasteiger partial charge in [0.1, 0.15) is 0 Å². The summed E-state index contributed by atoms with van der Waals surface area (Å²) in [6.07, 6.45) is -3.94. The summed E-state index contributed by atoms with van der Waals surface area (Å²) in [4.78, 5) is 27.9. The predicted octanol–water partition coefficient (Wildman–Crippen LogP) is 6.81. The van der Waals surface area contributed by atoms with Crippen LogP contribution in [0.15, 0.2) is 71.5 Å². The Morgan fingerprint density at radius 3 is 2.41 bits per heavy atom. The molecule has 0 saturated heterocycles. The molecule has 2 aromatic heterocycles. The first-order valence-electron chi connectivity index (χ1n) is 10.6. The van der Waals surface area contributed by atoms with Crippen LogP contribution < -0.4 is 4.87 Å². The van der Waals surface area contributed by atoms with Crippen LogP contribution in [0.5, 0.6) is 0 Å². The fourth-order valence-corrected chi connectivity index (χ4v) is 5.12. The molecule has 0 fully saturated rings. The smallest absolute Gasteiger partial charge is 0.312 e. The van der Waals surface area contributed by atoms with E-state index in [9.17, 15) is 22.8 Å². The van der Waals surface area contributed by atoms with E-state index >= 15 is 0 Å². The highest BCUT2D eigenvalue weighted by Crippen LogP contribution is 2.37. The number of hydrogen-bond acceptors (Lipinski definition) is 3. The van der Waals surface area contributed by atoms with Gasteiger partial charge < -0.3 is 4.98 Å². The molecule has 2 heterocycles. The number of carbonyl (C=O) groups is 1. The van der Waals surface area contributed by atoms with Gasteiger partial charge in [-0.15, -0.1) is 0 Å². The molecule has 0 aliphatic rings. The Bertz CT molecular complexity index is 1580. The molecule has 0 aliphatic carbocycles. The first-order chi connectivity index (χ1) is 16.2. The number of thiazole rings is 1. The molecule has 3 aromatic carbocycles. The molecule has 0 saturated carbocycles. The molecule has 0 amide bonds. The highest BCUT2D eigenvalue weighted by atomic mass is 32.1. The Balaban J connectivity index is 1.55. The van der Waals surface area contributed by atoms with Crippen molar-refractivity contribution in [3.8, 4) is 11.1 Å². The van der Waals surface area contributed by atoms with Gasteiger partial charge in [-0.1, -0.05) is 53.8 Å². The quantitative estimate of drug-likeness (QED) is 0.307. The average Bonchev–Trinajstić information content (AvgIpc) is 3.30. The second-order valence-corrected chi connectivity index (χ2v) is 9.15. The van der Waals surface area contributed by atoms with Crippen LogP contribution in [0.3, 0.4) is 0 Å². The number of aryl methyl sites for hydroxylation is 1. The molecule has 5 rings (SSSR count). The van der Waals surface area contributed by atoms with Gasteiger partial charge >= 0.3 is 11.0 Å². The summed E-state index contributed by atoms with van der Waals surface area (Å²) in [5, 5.41) is 0.855. The maximum absolute atomic E-state index is 13.4. The summed E-state index contributed by atoms with van der Waals surface area (Å²) < 4.78 is 40.9. The zero-order valence-corrected chi connectivity index (χ0v) is 18.9. The van der Waals surface area contributed by atoms with Crippen molar-refractivity contribution < 1.29 is 18.0 Å². The summed E-state index contributed by atoms with van der Waals surface area (Å²) in [7, 11) is 0. The van der Waals surface area contributed by atoms with E-state index in [1.165, 1.54) is 12.1 Å². The zero-order chi connectivity index (χ0) is 24.0. The Morgan fingerprint density at radius 1 is 1.03 bits per heavy atom. The van der Waals surface area contributed by atoms with E-state index in [4.69, 9.17) is 0 Å². The third-order valence-corrected chi connectivity index (χ3v) is 6.81. The number of nitrogens with zero attached hydrogens (tertiary/aromatic N) is 1. The molecule has 34 heavy (non-hydrogen) atoms. The first kappa shape index (κ1) is 22.2. The number of alkyl halides is 3. The minimum atomic E-state index is -4.39. The molecule has 0 spiro atoms. The molecule has 0 aliphatic heterocycles. The minimum Gasteiger partial charge on any atom is -0.312 e. The van der Waals surface area contributed by atoms with Gasteiger partial charge in [0.25, 0.3) is 0 Å². The molecule has 8 heteroatoms. The van der Waals surface area contributed by atoms with Gasteiger partial charge in [-0.05, 0) is 48.7 Å². The molecule has 172 valence electrons.